The minimum Gasteiger partial charge on any atom is -0.339 e. The SMILES string of the molecule is Cc1cccc(C(=O)N2CCN(CC(=O)N3CCCCC3C)CC2)c1C. The molecule has 142 valence electrons. The zero-order valence-electron chi connectivity index (χ0n) is 16.3. The Labute approximate surface area is 156 Å². The van der Waals surface area contributed by atoms with Crippen LogP contribution in [-0.4, -0.2) is 71.8 Å². The third-order valence-corrected chi connectivity index (χ3v) is 5.98. The first-order valence-electron chi connectivity index (χ1n) is 9.84. The molecule has 2 amide bonds. The van der Waals surface area contributed by atoms with Gasteiger partial charge in [0.25, 0.3) is 5.91 Å². The first-order valence-corrected chi connectivity index (χ1v) is 9.84. The van der Waals surface area contributed by atoms with Gasteiger partial charge in [-0.05, 0) is 57.2 Å². The predicted octanol–water partition coefficient (Wildman–Crippen LogP) is 2.46. The van der Waals surface area contributed by atoms with Crippen molar-refractivity contribution in [3.05, 3.63) is 34.9 Å². The molecule has 0 radical (unpaired) electrons. The van der Waals surface area contributed by atoms with Gasteiger partial charge in [-0.2, -0.15) is 0 Å². The Morgan fingerprint density at radius 1 is 1.04 bits per heavy atom. The molecule has 5 nitrogen and oxygen atoms in total. The Morgan fingerprint density at radius 2 is 1.77 bits per heavy atom. The van der Waals surface area contributed by atoms with Crippen molar-refractivity contribution in [1.82, 2.24) is 14.7 Å². The van der Waals surface area contributed by atoms with Crippen LogP contribution in [0.4, 0.5) is 0 Å². The number of hydrogen-bond acceptors (Lipinski definition) is 3. The second kappa shape index (κ2) is 8.21. The van der Waals surface area contributed by atoms with Gasteiger partial charge < -0.3 is 9.80 Å². The standard InChI is InChI=1S/C21H31N3O2/c1-16-7-6-9-19(18(16)3)21(26)23-13-11-22(12-14-23)15-20(25)24-10-5-4-8-17(24)2/h6-7,9,17H,4-5,8,10-15H2,1-3H3. The lowest BCUT2D eigenvalue weighted by Crippen LogP contribution is -2.53. The Hall–Kier alpha value is -1.88. The summed E-state index contributed by atoms with van der Waals surface area (Å²) in [6, 6.07) is 6.27. The number of carbonyl (C=O) groups excluding carboxylic acids is 2. The first kappa shape index (κ1) is 18.9. The fourth-order valence-electron chi connectivity index (χ4n) is 4.01. The summed E-state index contributed by atoms with van der Waals surface area (Å²) in [4.78, 5) is 31.6. The zero-order chi connectivity index (χ0) is 18.7. The van der Waals surface area contributed by atoms with Crippen molar-refractivity contribution < 1.29 is 9.59 Å². The summed E-state index contributed by atoms with van der Waals surface area (Å²) in [5.74, 6) is 0.355. The monoisotopic (exact) mass is 357 g/mol. The Balaban J connectivity index is 1.53. The van der Waals surface area contributed by atoms with Gasteiger partial charge in [0.1, 0.15) is 0 Å². The summed E-state index contributed by atoms with van der Waals surface area (Å²) in [6.45, 7) is 10.5. The van der Waals surface area contributed by atoms with Gasteiger partial charge in [0.15, 0.2) is 0 Å². The second-order valence-electron chi connectivity index (χ2n) is 7.75. The van der Waals surface area contributed by atoms with Gasteiger partial charge in [0.05, 0.1) is 6.54 Å². The lowest BCUT2D eigenvalue weighted by Gasteiger charge is -2.38. The average Bonchev–Trinajstić information content (AvgIpc) is 2.64. The smallest absolute Gasteiger partial charge is 0.254 e. The maximum absolute atomic E-state index is 12.8. The van der Waals surface area contributed by atoms with Crippen LogP contribution in [0.25, 0.3) is 0 Å². The zero-order valence-corrected chi connectivity index (χ0v) is 16.3. The number of carbonyl (C=O) groups is 2. The summed E-state index contributed by atoms with van der Waals surface area (Å²) in [7, 11) is 0. The number of aryl methyl sites for hydroxylation is 1. The van der Waals surface area contributed by atoms with E-state index in [2.05, 4.69) is 11.8 Å². The second-order valence-corrected chi connectivity index (χ2v) is 7.75. The number of rotatable bonds is 3. The minimum atomic E-state index is 0.113. The maximum Gasteiger partial charge on any atom is 0.254 e. The fourth-order valence-corrected chi connectivity index (χ4v) is 4.01. The van der Waals surface area contributed by atoms with Crippen LogP contribution < -0.4 is 0 Å². The van der Waals surface area contributed by atoms with E-state index >= 15 is 0 Å². The normalized spacial score (nSPS) is 21.7. The largest absolute Gasteiger partial charge is 0.339 e. The summed E-state index contributed by atoms with van der Waals surface area (Å²) in [5.41, 5.74) is 3.02. The predicted molar refractivity (Wildman–Crippen MR) is 103 cm³/mol. The maximum atomic E-state index is 12.8. The molecule has 0 spiro atoms. The Morgan fingerprint density at radius 3 is 2.46 bits per heavy atom. The molecule has 2 aliphatic heterocycles. The van der Waals surface area contributed by atoms with Crippen molar-refractivity contribution in [1.29, 1.82) is 0 Å². The molecule has 2 heterocycles. The molecule has 1 atom stereocenters. The number of likely N-dealkylation sites (tertiary alicyclic amines) is 1. The van der Waals surface area contributed by atoms with E-state index < -0.39 is 0 Å². The van der Waals surface area contributed by atoms with E-state index in [4.69, 9.17) is 0 Å². The van der Waals surface area contributed by atoms with Crippen LogP contribution >= 0.6 is 0 Å². The van der Waals surface area contributed by atoms with E-state index in [9.17, 15) is 9.59 Å². The van der Waals surface area contributed by atoms with Gasteiger partial charge in [-0.15, -0.1) is 0 Å². The van der Waals surface area contributed by atoms with Crippen molar-refractivity contribution >= 4 is 11.8 Å². The molecular formula is C21H31N3O2. The van der Waals surface area contributed by atoms with Crippen molar-refractivity contribution in [3.63, 3.8) is 0 Å². The van der Waals surface area contributed by atoms with E-state index in [0.717, 1.165) is 49.2 Å². The molecule has 5 heteroatoms. The van der Waals surface area contributed by atoms with Crippen molar-refractivity contribution in [2.24, 2.45) is 0 Å². The molecule has 26 heavy (non-hydrogen) atoms. The van der Waals surface area contributed by atoms with Crippen LogP contribution in [-0.2, 0) is 4.79 Å². The van der Waals surface area contributed by atoms with E-state index in [0.29, 0.717) is 25.7 Å². The van der Waals surface area contributed by atoms with Gasteiger partial charge in [-0.25, -0.2) is 0 Å². The van der Waals surface area contributed by atoms with Crippen LogP contribution in [0, 0.1) is 13.8 Å². The lowest BCUT2D eigenvalue weighted by atomic mass is 10.0. The fraction of sp³-hybridized carbons (Fsp3) is 0.619. The third-order valence-electron chi connectivity index (χ3n) is 5.98. The molecule has 0 N–H and O–H groups in total. The number of hydrogen-bond donors (Lipinski definition) is 0. The van der Waals surface area contributed by atoms with Gasteiger partial charge >= 0.3 is 0 Å². The number of piperazine rings is 1. The number of piperidine rings is 1. The highest BCUT2D eigenvalue weighted by Crippen LogP contribution is 2.18. The summed E-state index contributed by atoms with van der Waals surface area (Å²) in [5, 5.41) is 0. The molecule has 2 aliphatic rings. The van der Waals surface area contributed by atoms with Crippen molar-refractivity contribution in [2.45, 2.75) is 46.1 Å². The highest BCUT2D eigenvalue weighted by atomic mass is 16.2. The molecule has 1 aromatic carbocycles. The third kappa shape index (κ3) is 4.09. The molecular weight excluding hydrogens is 326 g/mol. The quantitative estimate of drug-likeness (QED) is 0.835. The van der Waals surface area contributed by atoms with Gasteiger partial charge in [-0.1, -0.05) is 12.1 Å². The number of nitrogens with zero attached hydrogens (tertiary/aromatic N) is 3. The van der Waals surface area contributed by atoms with Crippen LogP contribution in [0.5, 0.6) is 0 Å². The van der Waals surface area contributed by atoms with Crippen LogP contribution in [0.3, 0.4) is 0 Å². The molecule has 0 aliphatic carbocycles. The average molecular weight is 357 g/mol. The van der Waals surface area contributed by atoms with Gasteiger partial charge in [0.2, 0.25) is 5.91 Å². The minimum absolute atomic E-state index is 0.113. The number of amides is 2. The highest BCUT2D eigenvalue weighted by molar-refractivity contribution is 5.96. The number of benzene rings is 1. The van der Waals surface area contributed by atoms with Gasteiger partial charge in [-0.3, -0.25) is 14.5 Å². The van der Waals surface area contributed by atoms with Crippen molar-refractivity contribution in [2.75, 3.05) is 39.3 Å². The lowest BCUT2D eigenvalue weighted by molar-refractivity contribution is -0.136. The highest BCUT2D eigenvalue weighted by Gasteiger charge is 2.28. The molecule has 1 aromatic rings. The van der Waals surface area contributed by atoms with E-state index in [1.807, 2.05) is 41.8 Å². The molecule has 3 rings (SSSR count). The first-order chi connectivity index (χ1) is 12.5. The summed E-state index contributed by atoms with van der Waals surface area (Å²) >= 11 is 0. The van der Waals surface area contributed by atoms with Crippen LogP contribution in [0.1, 0.15) is 47.7 Å². The van der Waals surface area contributed by atoms with E-state index in [-0.39, 0.29) is 11.8 Å². The Bertz CT molecular complexity index is 665. The van der Waals surface area contributed by atoms with Crippen molar-refractivity contribution in [3.8, 4) is 0 Å². The van der Waals surface area contributed by atoms with E-state index in [1.54, 1.807) is 0 Å². The molecule has 0 saturated carbocycles. The molecule has 2 fully saturated rings. The molecule has 2 saturated heterocycles. The molecule has 0 bridgehead atoms. The summed E-state index contributed by atoms with van der Waals surface area (Å²) in [6.07, 6.45) is 3.46. The summed E-state index contributed by atoms with van der Waals surface area (Å²) < 4.78 is 0. The molecule has 0 aromatic heterocycles. The topological polar surface area (TPSA) is 43.9 Å². The molecule has 1 unspecified atom stereocenters. The van der Waals surface area contributed by atoms with Crippen LogP contribution in [0.15, 0.2) is 18.2 Å². The van der Waals surface area contributed by atoms with Crippen LogP contribution in [0.2, 0.25) is 0 Å². The van der Waals surface area contributed by atoms with E-state index in [1.165, 1.54) is 6.42 Å². The van der Waals surface area contributed by atoms with Gasteiger partial charge in [0, 0.05) is 44.3 Å². The Kier molecular flexibility index (Phi) is 5.97.